The molecule has 7 heteroatoms. The third kappa shape index (κ3) is 8.23. The van der Waals surface area contributed by atoms with Crippen molar-refractivity contribution in [1.29, 1.82) is 0 Å². The maximum Gasteiger partial charge on any atom is 0.408 e. The van der Waals surface area contributed by atoms with E-state index < -0.39 is 24.3 Å². The number of alkyl carbamates (subject to hydrolysis) is 1. The first kappa shape index (κ1) is 23.7. The van der Waals surface area contributed by atoms with E-state index >= 15 is 0 Å². The monoisotopic (exact) mass is 446 g/mol. The molecule has 2 amide bonds. The fraction of sp³-hybridized carbons (Fsp3) is 0.192. The summed E-state index contributed by atoms with van der Waals surface area (Å²) in [6.07, 6.45) is -1.16. The lowest BCUT2D eigenvalue weighted by atomic mass is 10.1. The van der Waals surface area contributed by atoms with Gasteiger partial charge in [-0.3, -0.25) is 9.59 Å². The Morgan fingerprint density at radius 3 is 1.79 bits per heavy atom. The van der Waals surface area contributed by atoms with Gasteiger partial charge in [0.25, 0.3) is 0 Å². The van der Waals surface area contributed by atoms with Gasteiger partial charge in [-0.25, -0.2) is 4.79 Å². The van der Waals surface area contributed by atoms with Crippen LogP contribution < -0.4 is 10.6 Å². The predicted molar refractivity (Wildman–Crippen MR) is 123 cm³/mol. The van der Waals surface area contributed by atoms with Crippen molar-refractivity contribution in [1.82, 2.24) is 10.6 Å². The van der Waals surface area contributed by atoms with Crippen molar-refractivity contribution in [3.05, 3.63) is 108 Å². The summed E-state index contributed by atoms with van der Waals surface area (Å²) in [7, 11) is 0. The quantitative estimate of drug-likeness (QED) is 0.348. The number of aldehydes is 1. The first-order chi connectivity index (χ1) is 16.1. The fourth-order valence-corrected chi connectivity index (χ4v) is 3.08. The van der Waals surface area contributed by atoms with E-state index in [-0.39, 0.29) is 19.6 Å². The summed E-state index contributed by atoms with van der Waals surface area (Å²) in [5.41, 5.74) is 2.53. The average molecular weight is 447 g/mol. The predicted octanol–water partition coefficient (Wildman–Crippen LogP) is 3.38. The van der Waals surface area contributed by atoms with Gasteiger partial charge in [0.2, 0.25) is 5.91 Å². The molecule has 3 aromatic carbocycles. The molecular formula is C26H26N2O5. The number of carbonyl (C=O) groups is 3. The highest BCUT2D eigenvalue weighted by Gasteiger charge is 2.24. The van der Waals surface area contributed by atoms with Crippen LogP contribution in [0.15, 0.2) is 91.0 Å². The Morgan fingerprint density at radius 1 is 0.727 bits per heavy atom. The van der Waals surface area contributed by atoms with Crippen LogP contribution in [0.4, 0.5) is 4.79 Å². The smallest absolute Gasteiger partial charge is 0.408 e. The van der Waals surface area contributed by atoms with Crippen molar-refractivity contribution < 1.29 is 23.9 Å². The Labute approximate surface area is 192 Å². The molecule has 0 aliphatic heterocycles. The van der Waals surface area contributed by atoms with E-state index in [1.807, 2.05) is 91.0 Å². The SMILES string of the molecule is O=CC(NC(=O)[C@H](Cc1ccccc1)NC(=O)OCc1ccccc1)OCc1ccccc1. The molecule has 3 rings (SSSR count). The highest BCUT2D eigenvalue weighted by Crippen LogP contribution is 2.07. The third-order valence-corrected chi connectivity index (χ3v) is 4.78. The van der Waals surface area contributed by atoms with Gasteiger partial charge in [-0.2, -0.15) is 0 Å². The van der Waals surface area contributed by atoms with Gasteiger partial charge >= 0.3 is 6.09 Å². The molecule has 2 N–H and O–H groups in total. The first-order valence-electron chi connectivity index (χ1n) is 10.6. The Hall–Kier alpha value is -3.97. The van der Waals surface area contributed by atoms with Gasteiger partial charge in [-0.1, -0.05) is 91.0 Å². The minimum atomic E-state index is -1.15. The average Bonchev–Trinajstić information content (AvgIpc) is 2.86. The van der Waals surface area contributed by atoms with Gasteiger partial charge in [0.1, 0.15) is 12.6 Å². The molecule has 0 spiro atoms. The summed E-state index contributed by atoms with van der Waals surface area (Å²) in [6, 6.07) is 26.8. The molecule has 0 saturated heterocycles. The summed E-state index contributed by atoms with van der Waals surface area (Å²) in [4.78, 5) is 36.8. The molecule has 0 bridgehead atoms. The minimum Gasteiger partial charge on any atom is -0.445 e. The fourth-order valence-electron chi connectivity index (χ4n) is 3.08. The van der Waals surface area contributed by atoms with Crippen LogP contribution in [0.2, 0.25) is 0 Å². The summed E-state index contributed by atoms with van der Waals surface area (Å²) < 4.78 is 10.8. The topological polar surface area (TPSA) is 93.7 Å². The highest BCUT2D eigenvalue weighted by molar-refractivity contribution is 5.87. The van der Waals surface area contributed by atoms with E-state index in [1.165, 1.54) is 0 Å². The van der Waals surface area contributed by atoms with E-state index in [0.29, 0.717) is 6.29 Å². The van der Waals surface area contributed by atoms with Crippen LogP contribution in [0.1, 0.15) is 16.7 Å². The standard InChI is InChI=1S/C26H26N2O5/c29-17-24(32-18-21-12-6-2-7-13-21)28-25(30)23(16-20-10-4-1-5-11-20)27-26(31)33-19-22-14-8-3-9-15-22/h1-15,17,23-24H,16,18-19H2,(H,27,31)(H,28,30)/t23-,24?/m0/s1. The maximum absolute atomic E-state index is 12.9. The van der Waals surface area contributed by atoms with E-state index in [2.05, 4.69) is 10.6 Å². The molecule has 0 aliphatic rings. The van der Waals surface area contributed by atoms with Crippen molar-refractivity contribution >= 4 is 18.3 Å². The van der Waals surface area contributed by atoms with Crippen molar-refractivity contribution in [2.24, 2.45) is 0 Å². The van der Waals surface area contributed by atoms with Gasteiger partial charge in [0.15, 0.2) is 12.5 Å². The summed E-state index contributed by atoms with van der Waals surface area (Å²) in [5, 5.41) is 5.13. The first-order valence-corrected chi connectivity index (χ1v) is 10.6. The molecule has 0 heterocycles. The number of ether oxygens (including phenoxy) is 2. The van der Waals surface area contributed by atoms with Crippen molar-refractivity contribution in [2.45, 2.75) is 31.9 Å². The molecule has 0 radical (unpaired) electrons. The van der Waals surface area contributed by atoms with Crippen LogP contribution in [0.25, 0.3) is 0 Å². The van der Waals surface area contributed by atoms with Crippen molar-refractivity contribution in [2.75, 3.05) is 0 Å². The molecule has 0 aromatic heterocycles. The summed E-state index contributed by atoms with van der Waals surface area (Å²) in [6.45, 7) is 0.226. The summed E-state index contributed by atoms with van der Waals surface area (Å²) in [5.74, 6) is -0.555. The third-order valence-electron chi connectivity index (χ3n) is 4.78. The molecule has 170 valence electrons. The maximum atomic E-state index is 12.9. The lowest BCUT2D eigenvalue weighted by molar-refractivity contribution is -0.134. The zero-order valence-corrected chi connectivity index (χ0v) is 18.1. The van der Waals surface area contributed by atoms with E-state index in [0.717, 1.165) is 16.7 Å². The second-order valence-electron chi connectivity index (χ2n) is 7.31. The minimum absolute atomic E-state index is 0.0729. The summed E-state index contributed by atoms with van der Waals surface area (Å²) >= 11 is 0. The molecular weight excluding hydrogens is 420 g/mol. The van der Waals surface area contributed by atoms with Crippen LogP contribution >= 0.6 is 0 Å². The molecule has 2 atom stereocenters. The van der Waals surface area contributed by atoms with Gasteiger partial charge in [-0.05, 0) is 16.7 Å². The van der Waals surface area contributed by atoms with Crippen molar-refractivity contribution in [3.8, 4) is 0 Å². The van der Waals surface area contributed by atoms with Gasteiger partial charge < -0.3 is 20.1 Å². The van der Waals surface area contributed by atoms with Crippen LogP contribution in [-0.4, -0.2) is 30.6 Å². The van der Waals surface area contributed by atoms with Crippen molar-refractivity contribution in [3.63, 3.8) is 0 Å². The highest BCUT2D eigenvalue weighted by atomic mass is 16.5. The molecule has 3 aromatic rings. The second kappa shape index (κ2) is 12.8. The zero-order valence-electron chi connectivity index (χ0n) is 18.1. The number of rotatable bonds is 11. The number of benzene rings is 3. The Bertz CT molecular complexity index is 1010. The normalized spacial score (nSPS) is 12.2. The van der Waals surface area contributed by atoms with Gasteiger partial charge in [0, 0.05) is 6.42 Å². The number of carbonyl (C=O) groups excluding carboxylic acids is 3. The lowest BCUT2D eigenvalue weighted by Crippen LogP contribution is -2.51. The molecule has 0 fully saturated rings. The number of hydrogen-bond acceptors (Lipinski definition) is 5. The molecule has 7 nitrogen and oxygen atoms in total. The number of hydrogen-bond donors (Lipinski definition) is 2. The Kier molecular flexibility index (Phi) is 9.17. The zero-order chi connectivity index (χ0) is 23.3. The van der Waals surface area contributed by atoms with Crippen LogP contribution in [-0.2, 0) is 38.7 Å². The van der Waals surface area contributed by atoms with Crippen LogP contribution in [0.3, 0.4) is 0 Å². The van der Waals surface area contributed by atoms with Crippen LogP contribution in [0.5, 0.6) is 0 Å². The molecule has 33 heavy (non-hydrogen) atoms. The van der Waals surface area contributed by atoms with Crippen LogP contribution in [0, 0.1) is 0 Å². The molecule has 0 saturated carbocycles. The Morgan fingerprint density at radius 2 is 1.24 bits per heavy atom. The van der Waals surface area contributed by atoms with E-state index in [4.69, 9.17) is 9.47 Å². The van der Waals surface area contributed by atoms with E-state index in [1.54, 1.807) is 0 Å². The lowest BCUT2D eigenvalue weighted by Gasteiger charge is -2.21. The largest absolute Gasteiger partial charge is 0.445 e. The molecule has 1 unspecified atom stereocenters. The van der Waals surface area contributed by atoms with E-state index in [9.17, 15) is 14.4 Å². The number of amides is 2. The van der Waals surface area contributed by atoms with Gasteiger partial charge in [0.05, 0.1) is 6.61 Å². The second-order valence-corrected chi connectivity index (χ2v) is 7.31. The number of nitrogens with one attached hydrogen (secondary N) is 2. The Balaban J connectivity index is 1.60. The molecule has 0 aliphatic carbocycles. The van der Waals surface area contributed by atoms with Gasteiger partial charge in [-0.15, -0.1) is 0 Å².